The summed E-state index contributed by atoms with van der Waals surface area (Å²) in [5, 5.41) is 13.3. The molecular weight excluding hydrogens is 390 g/mol. The van der Waals surface area contributed by atoms with Crippen LogP contribution in [0.2, 0.25) is 0 Å². The summed E-state index contributed by atoms with van der Waals surface area (Å²) in [5.41, 5.74) is 0.371. The summed E-state index contributed by atoms with van der Waals surface area (Å²) < 4.78 is 27.3. The number of sulfonamides is 1. The van der Waals surface area contributed by atoms with E-state index in [1.54, 1.807) is 11.2 Å². The Morgan fingerprint density at radius 2 is 1.97 bits per heavy atom. The number of aliphatic imine (C=N–C) groups is 1. The predicted octanol–water partition coefficient (Wildman–Crippen LogP) is 1.81. The van der Waals surface area contributed by atoms with Crippen molar-refractivity contribution in [3.63, 3.8) is 0 Å². The summed E-state index contributed by atoms with van der Waals surface area (Å²) in [6.45, 7) is 3.22. The van der Waals surface area contributed by atoms with Crippen molar-refractivity contribution < 1.29 is 13.5 Å². The van der Waals surface area contributed by atoms with Crippen LogP contribution in [0.5, 0.6) is 0 Å². The number of nitrogens with one attached hydrogen (secondary N) is 2. The van der Waals surface area contributed by atoms with Gasteiger partial charge in [0.1, 0.15) is 18.3 Å². The molecular formula is C20H33N5O3S. The average Bonchev–Trinajstić information content (AvgIpc) is 3.16. The molecule has 0 atom stereocenters. The lowest BCUT2D eigenvalue weighted by molar-refractivity contribution is 0.0125. The molecule has 2 fully saturated rings. The molecule has 1 aromatic heterocycles. The van der Waals surface area contributed by atoms with Gasteiger partial charge < -0.3 is 20.3 Å². The summed E-state index contributed by atoms with van der Waals surface area (Å²) in [4.78, 5) is 10.1. The van der Waals surface area contributed by atoms with E-state index in [9.17, 15) is 13.5 Å². The van der Waals surface area contributed by atoms with Crippen LogP contribution in [0, 0.1) is 5.92 Å². The van der Waals surface area contributed by atoms with Gasteiger partial charge in [0, 0.05) is 32.4 Å². The van der Waals surface area contributed by atoms with E-state index in [0.29, 0.717) is 38.6 Å². The van der Waals surface area contributed by atoms with Crippen molar-refractivity contribution in [1.29, 1.82) is 0 Å². The molecule has 9 heteroatoms. The number of hydrogen-bond donors (Lipinski definition) is 3. The van der Waals surface area contributed by atoms with Crippen LogP contribution < -0.4 is 5.32 Å². The highest BCUT2D eigenvalue weighted by atomic mass is 32.2. The van der Waals surface area contributed by atoms with Crippen LogP contribution in [-0.2, 0) is 10.0 Å². The third-order valence-electron chi connectivity index (χ3n) is 6.81. The lowest BCUT2D eigenvalue weighted by Crippen LogP contribution is -2.47. The number of hydrogen-bond acceptors (Lipinski definition) is 6. The van der Waals surface area contributed by atoms with Gasteiger partial charge in [0.05, 0.1) is 16.9 Å². The van der Waals surface area contributed by atoms with Crippen molar-refractivity contribution in [1.82, 2.24) is 14.2 Å². The SMILES string of the molecule is CN(C1=NCNc2[nH]ccc21)C1CCC(CS(=O)(=O)N2CCC(C)(O)CC2)CC1. The Bertz CT molecular complexity index is 845. The largest absolute Gasteiger partial charge is 0.390 e. The molecule has 1 aliphatic carbocycles. The van der Waals surface area contributed by atoms with Crippen LogP contribution in [0.25, 0.3) is 0 Å². The van der Waals surface area contributed by atoms with Crippen molar-refractivity contribution in [3.05, 3.63) is 17.8 Å². The lowest BCUT2D eigenvalue weighted by atomic mass is 9.86. The Morgan fingerprint density at radius 1 is 1.28 bits per heavy atom. The molecule has 4 rings (SSSR count). The number of rotatable bonds is 4. The molecule has 0 aromatic carbocycles. The minimum atomic E-state index is -3.25. The van der Waals surface area contributed by atoms with Gasteiger partial charge in [-0.2, -0.15) is 0 Å². The van der Waals surface area contributed by atoms with E-state index in [-0.39, 0.29) is 11.7 Å². The van der Waals surface area contributed by atoms with Crippen LogP contribution in [0.1, 0.15) is 51.0 Å². The van der Waals surface area contributed by atoms with Crippen molar-refractivity contribution in [2.45, 2.75) is 57.1 Å². The van der Waals surface area contributed by atoms with Crippen LogP contribution in [0.4, 0.5) is 5.82 Å². The smallest absolute Gasteiger partial charge is 0.214 e. The van der Waals surface area contributed by atoms with Crippen molar-refractivity contribution in [3.8, 4) is 0 Å². The first-order chi connectivity index (χ1) is 13.8. The second-order valence-corrected chi connectivity index (χ2v) is 11.1. The van der Waals surface area contributed by atoms with Gasteiger partial charge in [-0.25, -0.2) is 17.7 Å². The first kappa shape index (κ1) is 20.7. The molecule has 3 heterocycles. The molecule has 29 heavy (non-hydrogen) atoms. The van der Waals surface area contributed by atoms with Crippen LogP contribution in [0.3, 0.4) is 0 Å². The normalized spacial score (nSPS) is 27.6. The van der Waals surface area contributed by atoms with E-state index < -0.39 is 15.6 Å². The highest BCUT2D eigenvalue weighted by Crippen LogP contribution is 2.32. The predicted molar refractivity (Wildman–Crippen MR) is 115 cm³/mol. The Kier molecular flexibility index (Phi) is 5.65. The summed E-state index contributed by atoms with van der Waals surface area (Å²) in [5.74, 6) is 2.47. The standard InChI is InChI=1S/C20H33N5O3S/c1-20(26)8-11-25(12-9-20)29(27,28)13-15-3-5-16(6-4-15)24(2)19-17-7-10-21-18(17)22-14-23-19/h7,10,15-16,21-22,26H,3-6,8-9,11-14H2,1-2H3. The highest BCUT2D eigenvalue weighted by molar-refractivity contribution is 7.89. The molecule has 1 aromatic rings. The number of aromatic nitrogens is 1. The summed E-state index contributed by atoms with van der Waals surface area (Å²) in [6, 6.07) is 2.43. The molecule has 2 aliphatic heterocycles. The van der Waals surface area contributed by atoms with Crippen LogP contribution in [-0.4, -0.2) is 77.8 Å². The summed E-state index contributed by atoms with van der Waals surface area (Å²) in [6.07, 6.45) is 6.77. The Labute approximate surface area is 173 Å². The summed E-state index contributed by atoms with van der Waals surface area (Å²) >= 11 is 0. The fourth-order valence-corrected chi connectivity index (χ4v) is 6.68. The maximum atomic E-state index is 12.8. The van der Waals surface area contributed by atoms with E-state index >= 15 is 0 Å². The maximum Gasteiger partial charge on any atom is 0.214 e. The van der Waals surface area contributed by atoms with E-state index in [2.05, 4.69) is 27.2 Å². The minimum absolute atomic E-state index is 0.213. The van der Waals surface area contributed by atoms with Gasteiger partial charge in [0.25, 0.3) is 0 Å². The van der Waals surface area contributed by atoms with E-state index in [1.807, 2.05) is 12.3 Å². The minimum Gasteiger partial charge on any atom is -0.390 e. The molecule has 162 valence electrons. The lowest BCUT2D eigenvalue weighted by Gasteiger charge is -2.38. The Morgan fingerprint density at radius 3 is 2.66 bits per heavy atom. The Balaban J connectivity index is 1.31. The zero-order chi connectivity index (χ0) is 20.6. The first-order valence-corrected chi connectivity index (χ1v) is 12.3. The fraction of sp³-hybridized carbons (Fsp3) is 0.750. The van der Waals surface area contributed by atoms with E-state index in [1.165, 1.54) is 0 Å². The zero-order valence-electron chi connectivity index (χ0n) is 17.4. The highest BCUT2D eigenvalue weighted by Gasteiger charge is 2.36. The van der Waals surface area contributed by atoms with Crippen LogP contribution in [0.15, 0.2) is 17.3 Å². The second kappa shape index (κ2) is 7.92. The topological polar surface area (TPSA) is 101 Å². The third-order valence-corrected chi connectivity index (χ3v) is 8.85. The molecule has 0 radical (unpaired) electrons. The van der Waals surface area contributed by atoms with Crippen LogP contribution >= 0.6 is 0 Å². The van der Waals surface area contributed by atoms with Crippen molar-refractivity contribution >= 4 is 21.7 Å². The molecule has 1 saturated heterocycles. The Hall–Kier alpha value is -1.58. The number of nitrogens with zero attached hydrogens (tertiary/aromatic N) is 3. The van der Waals surface area contributed by atoms with Gasteiger partial charge in [0.2, 0.25) is 10.0 Å². The molecule has 8 nitrogen and oxygen atoms in total. The third kappa shape index (κ3) is 4.46. The molecule has 3 N–H and O–H groups in total. The van der Waals surface area contributed by atoms with Crippen molar-refractivity contribution in [2.24, 2.45) is 10.9 Å². The summed E-state index contributed by atoms with van der Waals surface area (Å²) in [7, 11) is -1.15. The number of piperidine rings is 1. The number of anilines is 1. The fourth-order valence-electron chi connectivity index (χ4n) is 4.80. The second-order valence-electron chi connectivity index (χ2n) is 9.04. The molecule has 0 amide bonds. The van der Waals surface area contributed by atoms with Gasteiger partial charge in [0.15, 0.2) is 0 Å². The van der Waals surface area contributed by atoms with Gasteiger partial charge >= 0.3 is 0 Å². The average molecular weight is 424 g/mol. The molecule has 0 spiro atoms. The zero-order valence-corrected chi connectivity index (χ0v) is 18.2. The number of amidine groups is 1. The van der Waals surface area contributed by atoms with E-state index in [0.717, 1.165) is 42.9 Å². The molecule has 0 bridgehead atoms. The molecule has 1 saturated carbocycles. The molecule has 0 unspecified atom stereocenters. The monoisotopic (exact) mass is 423 g/mol. The number of H-pyrrole nitrogens is 1. The van der Waals surface area contributed by atoms with Gasteiger partial charge in [-0.3, -0.25) is 0 Å². The quantitative estimate of drug-likeness (QED) is 0.686. The number of aliphatic hydroxyl groups is 1. The number of aromatic amines is 1. The van der Waals surface area contributed by atoms with Gasteiger partial charge in [-0.05, 0) is 57.4 Å². The van der Waals surface area contributed by atoms with Gasteiger partial charge in [-0.1, -0.05) is 0 Å². The van der Waals surface area contributed by atoms with Gasteiger partial charge in [-0.15, -0.1) is 0 Å². The molecule has 3 aliphatic rings. The first-order valence-electron chi connectivity index (χ1n) is 10.6. The number of fused-ring (bicyclic) bond motifs is 1. The van der Waals surface area contributed by atoms with E-state index in [4.69, 9.17) is 0 Å². The van der Waals surface area contributed by atoms with Crippen molar-refractivity contribution in [2.75, 3.05) is 37.9 Å². The maximum absolute atomic E-state index is 12.8.